The number of carbonyl (C=O) groups is 1. The van der Waals surface area contributed by atoms with Crippen molar-refractivity contribution in [1.82, 2.24) is 15.2 Å². The number of piperidine rings is 1. The van der Waals surface area contributed by atoms with Gasteiger partial charge in [-0.3, -0.25) is 9.69 Å². The number of nitrogens with zero attached hydrogens (tertiary/aromatic N) is 2. The Morgan fingerprint density at radius 1 is 1.17 bits per heavy atom. The number of ether oxygens (including phenoxy) is 2. The normalized spacial score (nSPS) is 25.1. The molecule has 0 saturated carbocycles. The van der Waals surface area contributed by atoms with Gasteiger partial charge in [0.05, 0.1) is 28.5 Å². The Bertz CT molecular complexity index is 838. The molecule has 1 aromatic carbocycles. The van der Waals surface area contributed by atoms with Gasteiger partial charge in [0.2, 0.25) is 5.91 Å². The molecule has 1 amide bonds. The molecule has 3 fully saturated rings. The lowest BCUT2D eigenvalue weighted by atomic mass is 9.88. The van der Waals surface area contributed by atoms with E-state index in [4.69, 9.17) is 14.5 Å². The third-order valence-electron chi connectivity index (χ3n) is 6.90. The van der Waals surface area contributed by atoms with Crippen molar-refractivity contribution in [3.63, 3.8) is 0 Å². The number of amides is 1. The largest absolute Gasteiger partial charge is 0.381 e. The highest BCUT2D eigenvalue weighted by Gasteiger charge is 2.42. The van der Waals surface area contributed by atoms with Crippen molar-refractivity contribution in [2.45, 2.75) is 56.8 Å². The van der Waals surface area contributed by atoms with E-state index < -0.39 is 0 Å². The van der Waals surface area contributed by atoms with E-state index in [-0.39, 0.29) is 23.5 Å². The predicted octanol–water partition coefficient (Wildman–Crippen LogP) is 3.35. The third-order valence-corrected chi connectivity index (χ3v) is 7.92. The van der Waals surface area contributed by atoms with E-state index in [1.807, 2.05) is 0 Å². The number of likely N-dealkylation sites (tertiary alicyclic amines) is 1. The fourth-order valence-corrected chi connectivity index (χ4v) is 6.03. The summed E-state index contributed by atoms with van der Waals surface area (Å²) in [4.78, 5) is 19.7. The predicted molar refractivity (Wildman–Crippen MR) is 118 cm³/mol. The molecule has 2 aromatic rings. The van der Waals surface area contributed by atoms with Gasteiger partial charge < -0.3 is 14.8 Å². The third kappa shape index (κ3) is 4.54. The molecule has 30 heavy (non-hydrogen) atoms. The van der Waals surface area contributed by atoms with Crippen molar-refractivity contribution >= 4 is 27.5 Å². The van der Waals surface area contributed by atoms with Gasteiger partial charge in [0.25, 0.3) is 0 Å². The first-order valence-corrected chi connectivity index (χ1v) is 12.1. The van der Waals surface area contributed by atoms with Crippen LogP contribution < -0.4 is 5.32 Å². The smallest absolute Gasteiger partial charge is 0.223 e. The lowest BCUT2D eigenvalue weighted by molar-refractivity contribution is -0.129. The molecule has 0 aliphatic carbocycles. The molecule has 162 valence electrons. The fourth-order valence-electron chi connectivity index (χ4n) is 5.02. The number of hydrogen-bond donors (Lipinski definition) is 1. The highest BCUT2D eigenvalue weighted by atomic mass is 32.1. The molecule has 1 N–H and O–H groups in total. The van der Waals surface area contributed by atoms with Crippen molar-refractivity contribution in [2.24, 2.45) is 5.92 Å². The van der Waals surface area contributed by atoms with Gasteiger partial charge in [0, 0.05) is 38.8 Å². The molecule has 0 bridgehead atoms. The first-order valence-electron chi connectivity index (χ1n) is 11.3. The van der Waals surface area contributed by atoms with Gasteiger partial charge in [-0.05, 0) is 50.7 Å². The molecule has 3 saturated heterocycles. The molecule has 3 aliphatic rings. The summed E-state index contributed by atoms with van der Waals surface area (Å²) in [5.74, 6) is 0.286. The summed E-state index contributed by atoms with van der Waals surface area (Å²) in [5, 5.41) is 4.34. The van der Waals surface area contributed by atoms with E-state index >= 15 is 0 Å². The zero-order valence-electron chi connectivity index (χ0n) is 17.5. The first kappa shape index (κ1) is 20.4. The van der Waals surface area contributed by atoms with E-state index in [9.17, 15) is 4.79 Å². The Morgan fingerprint density at radius 2 is 1.97 bits per heavy atom. The molecule has 4 heterocycles. The van der Waals surface area contributed by atoms with E-state index in [1.165, 1.54) is 9.71 Å². The number of rotatable bonds is 5. The summed E-state index contributed by atoms with van der Waals surface area (Å²) in [6.45, 7) is 5.09. The van der Waals surface area contributed by atoms with Gasteiger partial charge in [-0.15, -0.1) is 11.3 Å². The van der Waals surface area contributed by atoms with E-state index in [2.05, 4.69) is 34.5 Å². The maximum absolute atomic E-state index is 12.4. The average molecular weight is 430 g/mol. The van der Waals surface area contributed by atoms with E-state index in [0.29, 0.717) is 19.8 Å². The molecular weight excluding hydrogens is 398 g/mol. The topological polar surface area (TPSA) is 63.7 Å². The highest BCUT2D eigenvalue weighted by molar-refractivity contribution is 7.18. The summed E-state index contributed by atoms with van der Waals surface area (Å²) in [6.07, 6.45) is 6.14. The van der Waals surface area contributed by atoms with E-state index in [0.717, 1.165) is 63.7 Å². The van der Waals surface area contributed by atoms with Crippen molar-refractivity contribution in [3.05, 3.63) is 29.3 Å². The molecule has 3 aliphatic heterocycles. The molecule has 1 atom stereocenters. The lowest BCUT2D eigenvalue weighted by Gasteiger charge is -2.39. The molecule has 0 radical (unpaired) electrons. The van der Waals surface area contributed by atoms with Gasteiger partial charge in [-0.1, -0.05) is 12.1 Å². The quantitative estimate of drug-likeness (QED) is 0.790. The fraction of sp³-hybridized carbons (Fsp3) is 0.652. The number of benzene rings is 1. The summed E-state index contributed by atoms with van der Waals surface area (Å²) in [7, 11) is 0. The maximum Gasteiger partial charge on any atom is 0.223 e. The van der Waals surface area contributed by atoms with Gasteiger partial charge in [-0.2, -0.15) is 0 Å². The van der Waals surface area contributed by atoms with Crippen molar-refractivity contribution in [1.29, 1.82) is 0 Å². The van der Waals surface area contributed by atoms with Crippen LogP contribution in [-0.4, -0.2) is 60.3 Å². The summed E-state index contributed by atoms with van der Waals surface area (Å²) in [5.41, 5.74) is 1.12. The van der Waals surface area contributed by atoms with Crippen LogP contribution in [0.5, 0.6) is 0 Å². The minimum Gasteiger partial charge on any atom is -0.381 e. The van der Waals surface area contributed by atoms with Gasteiger partial charge in [-0.25, -0.2) is 4.98 Å². The molecule has 7 heteroatoms. The van der Waals surface area contributed by atoms with Crippen LogP contribution in [0.3, 0.4) is 0 Å². The van der Waals surface area contributed by atoms with Crippen LogP contribution in [0.15, 0.2) is 24.3 Å². The number of para-hydroxylation sites is 1. The van der Waals surface area contributed by atoms with Crippen LogP contribution in [0.1, 0.15) is 43.5 Å². The Morgan fingerprint density at radius 3 is 2.77 bits per heavy atom. The number of aromatic nitrogens is 1. The first-order chi connectivity index (χ1) is 14.7. The molecule has 0 unspecified atom stereocenters. The van der Waals surface area contributed by atoms with Crippen LogP contribution in [0, 0.1) is 5.92 Å². The highest BCUT2D eigenvalue weighted by Crippen LogP contribution is 2.39. The SMILES string of the molecule is O=C(NC[C@H]1CCC2(CCN(Cc3nc4ccccc4s3)CC2)O1)C1CCOCC1. The molecule has 5 rings (SSSR count). The van der Waals surface area contributed by atoms with Crippen LogP contribution in [0.2, 0.25) is 0 Å². The zero-order valence-corrected chi connectivity index (χ0v) is 18.3. The minimum absolute atomic E-state index is 0.0121. The Hall–Kier alpha value is -1.54. The molecular formula is C23H31N3O3S. The maximum atomic E-state index is 12.4. The minimum atomic E-state index is 0.0121. The van der Waals surface area contributed by atoms with Crippen molar-refractivity contribution in [2.75, 3.05) is 32.8 Å². The number of fused-ring (bicyclic) bond motifs is 1. The zero-order chi connectivity index (χ0) is 20.4. The molecule has 1 spiro atoms. The monoisotopic (exact) mass is 429 g/mol. The standard InChI is InChI=1S/C23H31N3O3S/c27-22(17-6-13-28-14-7-17)24-15-18-5-8-23(29-18)9-11-26(12-10-23)16-21-25-19-3-1-2-4-20(19)30-21/h1-4,17-18H,5-16H2,(H,24,27)/t18-/m1/s1. The van der Waals surface area contributed by atoms with Gasteiger partial charge in [0.15, 0.2) is 0 Å². The number of carbonyl (C=O) groups excluding carboxylic acids is 1. The Labute approximate surface area is 181 Å². The second-order valence-electron chi connectivity index (χ2n) is 8.94. The summed E-state index contributed by atoms with van der Waals surface area (Å²) >= 11 is 1.80. The van der Waals surface area contributed by atoms with Crippen molar-refractivity contribution in [3.8, 4) is 0 Å². The second-order valence-corrected chi connectivity index (χ2v) is 10.1. The molecule has 6 nitrogen and oxygen atoms in total. The van der Waals surface area contributed by atoms with Crippen LogP contribution in [-0.2, 0) is 20.8 Å². The molecule has 1 aromatic heterocycles. The van der Waals surface area contributed by atoms with Gasteiger partial charge >= 0.3 is 0 Å². The van der Waals surface area contributed by atoms with Gasteiger partial charge in [0.1, 0.15) is 5.01 Å². The number of hydrogen-bond acceptors (Lipinski definition) is 6. The Kier molecular flexibility index (Phi) is 6.05. The second kappa shape index (κ2) is 8.91. The van der Waals surface area contributed by atoms with E-state index in [1.54, 1.807) is 11.3 Å². The van der Waals surface area contributed by atoms with Crippen LogP contribution in [0.25, 0.3) is 10.2 Å². The number of thiazole rings is 1. The number of nitrogens with one attached hydrogen (secondary N) is 1. The summed E-state index contributed by atoms with van der Waals surface area (Å²) in [6, 6.07) is 8.37. The van der Waals surface area contributed by atoms with Crippen LogP contribution >= 0.6 is 11.3 Å². The van der Waals surface area contributed by atoms with Crippen LogP contribution in [0.4, 0.5) is 0 Å². The van der Waals surface area contributed by atoms with Crippen molar-refractivity contribution < 1.29 is 14.3 Å². The Balaban J connectivity index is 1.08. The summed E-state index contributed by atoms with van der Waals surface area (Å²) < 4.78 is 13.1. The average Bonchev–Trinajstić information content (AvgIpc) is 3.38. The lowest BCUT2D eigenvalue weighted by Crippen LogP contribution is -2.45.